The summed E-state index contributed by atoms with van der Waals surface area (Å²) in [6, 6.07) is 11.2. The van der Waals surface area contributed by atoms with Gasteiger partial charge in [-0.05, 0) is 42.7 Å². The van der Waals surface area contributed by atoms with Crippen LogP contribution in [0.3, 0.4) is 0 Å². The lowest BCUT2D eigenvalue weighted by Gasteiger charge is -2.24. The Bertz CT molecular complexity index is 1130. The minimum absolute atomic E-state index is 0.0643. The van der Waals surface area contributed by atoms with Gasteiger partial charge in [0.1, 0.15) is 17.4 Å². The number of amides is 1. The van der Waals surface area contributed by atoms with E-state index in [1.165, 1.54) is 17.0 Å². The van der Waals surface area contributed by atoms with E-state index >= 15 is 0 Å². The summed E-state index contributed by atoms with van der Waals surface area (Å²) in [6.45, 7) is 2.27. The van der Waals surface area contributed by atoms with Gasteiger partial charge >= 0.3 is 6.09 Å². The molecule has 1 saturated heterocycles. The van der Waals surface area contributed by atoms with Gasteiger partial charge in [-0.15, -0.1) is 0 Å². The molecule has 1 aromatic heterocycles. The number of aromatic nitrogens is 2. The molecule has 1 amide bonds. The van der Waals surface area contributed by atoms with Crippen molar-refractivity contribution in [2.45, 2.75) is 6.42 Å². The number of methoxy groups -OCH3 is 1. The van der Waals surface area contributed by atoms with E-state index in [1.54, 1.807) is 37.4 Å². The second-order valence-corrected chi connectivity index (χ2v) is 7.87. The zero-order valence-corrected chi connectivity index (χ0v) is 17.7. The molecule has 1 aliphatic heterocycles. The van der Waals surface area contributed by atoms with Crippen LogP contribution in [0.25, 0.3) is 22.3 Å². The molecule has 2 heterocycles. The normalized spacial score (nSPS) is 15.9. The average Bonchev–Trinajstić information content (AvgIpc) is 3.24. The first-order valence-electron chi connectivity index (χ1n) is 10.4. The van der Waals surface area contributed by atoms with Gasteiger partial charge in [-0.2, -0.15) is 0 Å². The van der Waals surface area contributed by atoms with Crippen LogP contribution < -0.4 is 4.90 Å². The van der Waals surface area contributed by atoms with Crippen molar-refractivity contribution in [2.24, 2.45) is 5.92 Å². The highest BCUT2D eigenvalue weighted by Crippen LogP contribution is 2.34. The maximum Gasteiger partial charge on any atom is 0.407 e. The van der Waals surface area contributed by atoms with E-state index in [9.17, 15) is 19.4 Å². The average molecular weight is 440 g/mol. The fourth-order valence-electron chi connectivity index (χ4n) is 4.06. The molecule has 2 aromatic carbocycles. The number of hydrogen-bond donors (Lipinski definition) is 2. The molecule has 32 heavy (non-hydrogen) atoms. The number of anilines is 1. The van der Waals surface area contributed by atoms with E-state index in [1.807, 2.05) is 4.90 Å². The number of carboxylic acid groups (broad SMARTS) is 1. The molecule has 0 unspecified atom stereocenters. The molecular weight excluding hydrogens is 415 g/mol. The quantitative estimate of drug-likeness (QED) is 0.579. The largest absolute Gasteiger partial charge is 0.507 e. The number of para-hydroxylation sites is 1. The first-order valence-corrected chi connectivity index (χ1v) is 10.4. The van der Waals surface area contributed by atoms with Gasteiger partial charge in [-0.1, -0.05) is 12.1 Å². The molecule has 0 bridgehead atoms. The molecule has 2 N–H and O–H groups in total. The van der Waals surface area contributed by atoms with Gasteiger partial charge in [0, 0.05) is 38.7 Å². The Morgan fingerprint density at radius 3 is 2.84 bits per heavy atom. The number of ether oxygens (including phenoxy) is 1. The van der Waals surface area contributed by atoms with Crippen molar-refractivity contribution >= 4 is 22.8 Å². The molecule has 0 radical (unpaired) electrons. The Kier molecular flexibility index (Phi) is 6.36. The van der Waals surface area contributed by atoms with Crippen LogP contribution in [-0.4, -0.2) is 71.1 Å². The first-order chi connectivity index (χ1) is 15.5. The van der Waals surface area contributed by atoms with Crippen LogP contribution in [-0.2, 0) is 4.74 Å². The maximum atomic E-state index is 14.0. The summed E-state index contributed by atoms with van der Waals surface area (Å²) < 4.78 is 19.1. The van der Waals surface area contributed by atoms with Crippen molar-refractivity contribution < 1.29 is 24.1 Å². The van der Waals surface area contributed by atoms with Crippen LogP contribution >= 0.6 is 0 Å². The van der Waals surface area contributed by atoms with Gasteiger partial charge in [-0.3, -0.25) is 0 Å². The minimum atomic E-state index is -0.975. The van der Waals surface area contributed by atoms with Crippen LogP contribution in [0.15, 0.2) is 42.5 Å². The van der Waals surface area contributed by atoms with Crippen LogP contribution in [0, 0.1) is 11.7 Å². The molecule has 1 aliphatic rings. The van der Waals surface area contributed by atoms with Gasteiger partial charge in [-0.25, -0.2) is 19.2 Å². The van der Waals surface area contributed by atoms with Gasteiger partial charge in [0.05, 0.1) is 17.7 Å². The summed E-state index contributed by atoms with van der Waals surface area (Å²) in [6.07, 6.45) is -0.194. The molecule has 4 rings (SSSR count). The van der Waals surface area contributed by atoms with Crippen molar-refractivity contribution in [3.8, 4) is 17.1 Å². The second-order valence-electron chi connectivity index (χ2n) is 7.87. The Hall–Kier alpha value is -3.46. The SMILES string of the molecule is COCCN(C[C@H]1CCN(c2nc(-c3ccccc3O)nc3ccc(F)cc23)C1)C(=O)O. The lowest BCUT2D eigenvalue weighted by Crippen LogP contribution is -2.37. The molecule has 3 aromatic rings. The van der Waals surface area contributed by atoms with Crippen molar-refractivity contribution in [1.29, 1.82) is 0 Å². The van der Waals surface area contributed by atoms with Gasteiger partial charge in [0.2, 0.25) is 0 Å². The van der Waals surface area contributed by atoms with Crippen LogP contribution in [0.1, 0.15) is 6.42 Å². The topological polar surface area (TPSA) is 99.0 Å². The van der Waals surface area contributed by atoms with Crippen LogP contribution in [0.4, 0.5) is 15.0 Å². The Balaban J connectivity index is 1.65. The van der Waals surface area contributed by atoms with E-state index in [4.69, 9.17) is 9.72 Å². The Morgan fingerprint density at radius 1 is 1.28 bits per heavy atom. The summed E-state index contributed by atoms with van der Waals surface area (Å²) in [7, 11) is 1.54. The maximum absolute atomic E-state index is 14.0. The lowest BCUT2D eigenvalue weighted by atomic mass is 10.1. The third-order valence-electron chi connectivity index (χ3n) is 5.68. The first kappa shape index (κ1) is 21.8. The van der Waals surface area contributed by atoms with Crippen molar-refractivity contribution in [3.63, 3.8) is 0 Å². The van der Waals surface area contributed by atoms with Crippen LogP contribution in [0.2, 0.25) is 0 Å². The highest BCUT2D eigenvalue weighted by atomic mass is 19.1. The third-order valence-corrected chi connectivity index (χ3v) is 5.68. The molecule has 168 valence electrons. The summed E-state index contributed by atoms with van der Waals surface area (Å²) in [5.41, 5.74) is 1.07. The van der Waals surface area contributed by atoms with Gasteiger partial charge < -0.3 is 24.7 Å². The molecular formula is C23H25FN4O4. The number of fused-ring (bicyclic) bond motifs is 1. The molecule has 1 atom stereocenters. The number of benzene rings is 2. The smallest absolute Gasteiger partial charge is 0.407 e. The highest BCUT2D eigenvalue weighted by Gasteiger charge is 2.28. The fourth-order valence-corrected chi connectivity index (χ4v) is 4.06. The monoisotopic (exact) mass is 440 g/mol. The van der Waals surface area contributed by atoms with Crippen molar-refractivity contribution in [3.05, 3.63) is 48.3 Å². The predicted octanol–water partition coefficient (Wildman–Crippen LogP) is 3.59. The summed E-state index contributed by atoms with van der Waals surface area (Å²) in [4.78, 5) is 24.2. The number of phenolic OH excluding ortho intramolecular Hbond substituents is 1. The third kappa shape index (κ3) is 4.57. The van der Waals surface area contributed by atoms with Gasteiger partial charge in [0.25, 0.3) is 0 Å². The summed E-state index contributed by atoms with van der Waals surface area (Å²) >= 11 is 0. The fraction of sp³-hybridized carbons (Fsp3) is 0.348. The Labute approximate surface area is 184 Å². The molecule has 1 fully saturated rings. The van der Waals surface area contributed by atoms with E-state index in [-0.39, 0.29) is 17.5 Å². The molecule has 0 spiro atoms. The number of nitrogens with zero attached hydrogens (tertiary/aromatic N) is 4. The lowest BCUT2D eigenvalue weighted by molar-refractivity contribution is 0.112. The highest BCUT2D eigenvalue weighted by molar-refractivity contribution is 5.91. The number of hydrogen-bond acceptors (Lipinski definition) is 6. The van der Waals surface area contributed by atoms with E-state index in [0.717, 1.165) is 6.42 Å². The molecule has 0 aliphatic carbocycles. The number of rotatable bonds is 7. The zero-order chi connectivity index (χ0) is 22.7. The number of halogens is 1. The molecule has 8 nitrogen and oxygen atoms in total. The van der Waals surface area contributed by atoms with E-state index in [2.05, 4.69) is 4.98 Å². The van der Waals surface area contributed by atoms with E-state index in [0.29, 0.717) is 60.9 Å². The number of carbonyl (C=O) groups is 1. The Morgan fingerprint density at radius 2 is 2.09 bits per heavy atom. The summed E-state index contributed by atoms with van der Waals surface area (Å²) in [5.74, 6) is 0.719. The molecule has 0 saturated carbocycles. The van der Waals surface area contributed by atoms with Crippen molar-refractivity contribution in [2.75, 3.05) is 44.8 Å². The number of aromatic hydroxyl groups is 1. The minimum Gasteiger partial charge on any atom is -0.507 e. The number of phenols is 1. The van der Waals surface area contributed by atoms with Crippen LogP contribution in [0.5, 0.6) is 5.75 Å². The van der Waals surface area contributed by atoms with Crippen molar-refractivity contribution in [1.82, 2.24) is 14.9 Å². The zero-order valence-electron chi connectivity index (χ0n) is 17.7. The molecule has 9 heteroatoms. The van der Waals surface area contributed by atoms with Gasteiger partial charge in [0.15, 0.2) is 5.82 Å². The van der Waals surface area contributed by atoms with E-state index < -0.39 is 6.09 Å². The second kappa shape index (κ2) is 9.35. The summed E-state index contributed by atoms with van der Waals surface area (Å²) in [5, 5.41) is 20.3. The predicted molar refractivity (Wildman–Crippen MR) is 118 cm³/mol. The standard InChI is InChI=1S/C23H25FN4O4/c1-32-11-10-28(23(30)31)14-15-8-9-27(13-15)22-18-12-16(24)6-7-19(18)25-21(26-22)17-4-2-3-5-20(17)29/h2-7,12,15,29H,8-11,13-14H2,1H3,(H,30,31)/t15-/m0/s1.